The molecule has 0 saturated carbocycles. The predicted molar refractivity (Wildman–Crippen MR) is 99.4 cm³/mol. The molecule has 0 radical (unpaired) electrons. The standard InChI is InChI=1S/C18H34O9Si/c1-5-18(22-13-15-12-20-15,28(24-6-2,25-7-3)26-8-4)23-14-17-16(27-17)19-10-9-11-21-17/h15-16H,5-14H2,1-4H3. The molecule has 0 aromatic heterocycles. The van der Waals surface area contributed by atoms with E-state index in [9.17, 15) is 0 Å². The van der Waals surface area contributed by atoms with Gasteiger partial charge in [0.05, 0.1) is 26.4 Å². The third-order valence-corrected chi connectivity index (χ3v) is 8.44. The minimum absolute atomic E-state index is 0.0617. The monoisotopic (exact) mass is 422 g/mol. The van der Waals surface area contributed by atoms with Gasteiger partial charge in [-0.1, -0.05) is 6.92 Å². The maximum absolute atomic E-state index is 6.40. The molecular weight excluding hydrogens is 388 g/mol. The van der Waals surface area contributed by atoms with Crippen LogP contribution in [-0.4, -0.2) is 85.3 Å². The van der Waals surface area contributed by atoms with E-state index in [1.165, 1.54) is 0 Å². The lowest BCUT2D eigenvalue weighted by molar-refractivity contribution is -0.249. The van der Waals surface area contributed by atoms with Gasteiger partial charge in [0.2, 0.25) is 17.5 Å². The van der Waals surface area contributed by atoms with Gasteiger partial charge in [0.15, 0.2) is 0 Å². The molecule has 3 saturated heterocycles. The van der Waals surface area contributed by atoms with Crippen LogP contribution in [0.1, 0.15) is 40.5 Å². The van der Waals surface area contributed by atoms with Crippen LogP contribution in [0.2, 0.25) is 0 Å². The molecular formula is C18H34O9Si. The summed E-state index contributed by atoms with van der Waals surface area (Å²) in [6, 6.07) is 0. The normalized spacial score (nSPS) is 31.7. The van der Waals surface area contributed by atoms with Crippen LogP contribution in [0.4, 0.5) is 0 Å². The van der Waals surface area contributed by atoms with Crippen LogP contribution in [-0.2, 0) is 41.7 Å². The maximum Gasteiger partial charge on any atom is 0.563 e. The summed E-state index contributed by atoms with van der Waals surface area (Å²) >= 11 is 0. The van der Waals surface area contributed by atoms with Crippen LogP contribution in [0, 0.1) is 0 Å². The average molecular weight is 423 g/mol. The van der Waals surface area contributed by atoms with Gasteiger partial charge < -0.3 is 41.7 Å². The van der Waals surface area contributed by atoms with Crippen LogP contribution in [0.5, 0.6) is 0 Å². The highest BCUT2D eigenvalue weighted by Gasteiger charge is 2.67. The van der Waals surface area contributed by atoms with E-state index in [0.29, 0.717) is 52.7 Å². The number of rotatable bonds is 14. The molecule has 0 aliphatic carbocycles. The van der Waals surface area contributed by atoms with Crippen molar-refractivity contribution in [2.75, 3.05) is 52.9 Å². The second-order valence-electron chi connectivity index (χ2n) is 6.85. The molecule has 28 heavy (non-hydrogen) atoms. The van der Waals surface area contributed by atoms with Crippen LogP contribution in [0.3, 0.4) is 0 Å². The quantitative estimate of drug-likeness (QED) is 0.235. The van der Waals surface area contributed by atoms with Gasteiger partial charge >= 0.3 is 8.80 Å². The fourth-order valence-electron chi connectivity index (χ4n) is 3.32. The Kier molecular flexibility index (Phi) is 7.87. The smallest absolute Gasteiger partial charge is 0.371 e. The van der Waals surface area contributed by atoms with E-state index in [1.807, 2.05) is 27.7 Å². The van der Waals surface area contributed by atoms with Crippen LogP contribution < -0.4 is 0 Å². The van der Waals surface area contributed by atoms with Gasteiger partial charge in [-0.15, -0.1) is 0 Å². The first kappa shape index (κ1) is 22.5. The summed E-state index contributed by atoms with van der Waals surface area (Å²) in [4.78, 5) is 0. The molecule has 3 rings (SSSR count). The molecule has 3 fully saturated rings. The predicted octanol–water partition coefficient (Wildman–Crippen LogP) is 1.60. The lowest BCUT2D eigenvalue weighted by Crippen LogP contribution is -2.68. The van der Waals surface area contributed by atoms with Crippen molar-refractivity contribution in [3.05, 3.63) is 0 Å². The minimum atomic E-state index is -3.38. The second kappa shape index (κ2) is 9.78. The van der Waals surface area contributed by atoms with Crippen molar-refractivity contribution in [3.8, 4) is 0 Å². The van der Waals surface area contributed by atoms with Crippen LogP contribution in [0.15, 0.2) is 0 Å². The molecule has 4 unspecified atom stereocenters. The van der Waals surface area contributed by atoms with E-state index < -0.39 is 26.3 Å². The lowest BCUT2D eigenvalue weighted by atomic mass is 10.4. The molecule has 3 aliphatic rings. The van der Waals surface area contributed by atoms with E-state index in [1.54, 1.807) is 0 Å². The highest BCUT2D eigenvalue weighted by molar-refractivity contribution is 6.63. The minimum Gasteiger partial charge on any atom is -0.371 e. The Bertz CT molecular complexity index is 475. The second-order valence-corrected chi connectivity index (χ2v) is 9.59. The topological polar surface area (TPSA) is 89.7 Å². The molecule has 9 nitrogen and oxygen atoms in total. The third kappa shape index (κ3) is 4.77. The summed E-state index contributed by atoms with van der Waals surface area (Å²) in [5, 5.41) is 0. The van der Waals surface area contributed by atoms with Gasteiger partial charge in [-0.05, 0) is 27.2 Å². The van der Waals surface area contributed by atoms with Crippen molar-refractivity contribution in [2.24, 2.45) is 0 Å². The molecule has 0 bridgehead atoms. The van der Waals surface area contributed by atoms with Gasteiger partial charge in [-0.3, -0.25) is 0 Å². The van der Waals surface area contributed by atoms with E-state index in [0.717, 1.165) is 6.42 Å². The lowest BCUT2D eigenvalue weighted by Gasteiger charge is -2.44. The van der Waals surface area contributed by atoms with Crippen molar-refractivity contribution in [1.29, 1.82) is 0 Å². The zero-order chi connectivity index (χ0) is 20.1. The molecule has 164 valence electrons. The van der Waals surface area contributed by atoms with Crippen molar-refractivity contribution in [3.63, 3.8) is 0 Å². The molecule has 0 aromatic rings. The molecule has 3 heterocycles. The first-order chi connectivity index (χ1) is 13.6. The third-order valence-electron chi connectivity index (χ3n) is 4.86. The Morgan fingerprint density at radius 2 is 1.64 bits per heavy atom. The zero-order valence-corrected chi connectivity index (χ0v) is 18.4. The summed E-state index contributed by atoms with van der Waals surface area (Å²) in [5.41, 5.74) is -1.19. The van der Waals surface area contributed by atoms with Crippen molar-refractivity contribution in [2.45, 2.75) is 64.1 Å². The number of hydrogen-bond donors (Lipinski definition) is 0. The maximum atomic E-state index is 6.40. The summed E-state index contributed by atoms with van der Waals surface area (Å²) in [6.45, 7) is 11.3. The molecule has 0 aromatic carbocycles. The molecule has 3 aliphatic heterocycles. The molecule has 0 N–H and O–H groups in total. The van der Waals surface area contributed by atoms with Crippen molar-refractivity contribution in [1.82, 2.24) is 0 Å². The number of fused-ring (bicyclic) bond motifs is 1. The van der Waals surface area contributed by atoms with E-state index in [4.69, 9.17) is 41.7 Å². The first-order valence-electron chi connectivity index (χ1n) is 10.3. The highest BCUT2D eigenvalue weighted by atomic mass is 28.4. The Hall–Kier alpha value is -0.143. The van der Waals surface area contributed by atoms with Crippen molar-refractivity contribution >= 4 is 8.80 Å². The Labute approximate surface area is 168 Å². The summed E-state index contributed by atoms with van der Waals surface area (Å²) < 4.78 is 53.6. The number of hydrogen-bond acceptors (Lipinski definition) is 9. The fourth-order valence-corrected chi connectivity index (χ4v) is 6.31. The van der Waals surface area contributed by atoms with Gasteiger partial charge in [-0.2, -0.15) is 0 Å². The average Bonchev–Trinajstić information content (AvgIpc) is 3.57. The molecule has 0 amide bonds. The van der Waals surface area contributed by atoms with Gasteiger partial charge in [0, 0.05) is 26.2 Å². The molecule has 4 atom stereocenters. The highest BCUT2D eigenvalue weighted by Crippen LogP contribution is 2.43. The van der Waals surface area contributed by atoms with Crippen molar-refractivity contribution < 1.29 is 41.7 Å². The van der Waals surface area contributed by atoms with Crippen LogP contribution in [0.25, 0.3) is 0 Å². The summed E-state index contributed by atoms with van der Waals surface area (Å²) in [5.74, 6) is -0.902. The number of ether oxygens (including phenoxy) is 6. The first-order valence-corrected chi connectivity index (χ1v) is 12.1. The van der Waals surface area contributed by atoms with E-state index in [-0.39, 0.29) is 12.7 Å². The summed E-state index contributed by atoms with van der Waals surface area (Å²) in [6.07, 6.45) is 0.949. The van der Waals surface area contributed by atoms with Gasteiger partial charge in [-0.25, -0.2) is 0 Å². The van der Waals surface area contributed by atoms with Gasteiger partial charge in [0.1, 0.15) is 12.7 Å². The Morgan fingerprint density at radius 1 is 0.964 bits per heavy atom. The molecule has 10 heteroatoms. The summed E-state index contributed by atoms with van der Waals surface area (Å²) in [7, 11) is -3.38. The van der Waals surface area contributed by atoms with Crippen LogP contribution >= 0.6 is 0 Å². The van der Waals surface area contributed by atoms with E-state index >= 15 is 0 Å². The largest absolute Gasteiger partial charge is 0.563 e. The van der Waals surface area contributed by atoms with Gasteiger partial charge in [0.25, 0.3) is 0 Å². The number of epoxide rings is 2. The molecule has 0 spiro atoms. The Balaban J connectivity index is 1.81. The fraction of sp³-hybridized carbons (Fsp3) is 1.00. The SMILES string of the molecule is CCO[Si](OCC)(OCC)C(CC)(OCC1CO1)OCC12OCCCOC1O2. The Morgan fingerprint density at radius 3 is 2.21 bits per heavy atom. The zero-order valence-electron chi connectivity index (χ0n) is 17.4. The van der Waals surface area contributed by atoms with E-state index in [2.05, 4.69) is 0 Å².